The van der Waals surface area contributed by atoms with Crippen molar-refractivity contribution < 1.29 is 9.53 Å². The molecule has 3 aromatic rings. The van der Waals surface area contributed by atoms with Gasteiger partial charge in [-0.05, 0) is 67.9 Å². The quantitative estimate of drug-likeness (QED) is 0.537. The molecular weight excluding hydrogens is 402 g/mol. The molecule has 6 nitrogen and oxygen atoms in total. The van der Waals surface area contributed by atoms with Crippen molar-refractivity contribution in [1.82, 2.24) is 14.5 Å². The third-order valence-corrected chi connectivity index (χ3v) is 6.49. The maximum absolute atomic E-state index is 12.6. The summed E-state index contributed by atoms with van der Waals surface area (Å²) in [5.41, 5.74) is 2.00. The van der Waals surface area contributed by atoms with Gasteiger partial charge in [0.05, 0.1) is 24.3 Å². The smallest absolute Gasteiger partial charge is 0.261 e. The van der Waals surface area contributed by atoms with E-state index in [0.29, 0.717) is 36.2 Å². The lowest BCUT2D eigenvalue weighted by molar-refractivity contribution is -0.132. The van der Waals surface area contributed by atoms with Gasteiger partial charge in [0.2, 0.25) is 5.91 Å². The van der Waals surface area contributed by atoms with Crippen molar-refractivity contribution in [3.63, 3.8) is 0 Å². The summed E-state index contributed by atoms with van der Waals surface area (Å²) in [4.78, 5) is 31.5. The fraction of sp³-hybridized carbons (Fsp3) is 0.423. The number of benzene rings is 2. The van der Waals surface area contributed by atoms with E-state index in [1.807, 2.05) is 35.2 Å². The number of carbonyl (C=O) groups is 1. The molecule has 2 heterocycles. The summed E-state index contributed by atoms with van der Waals surface area (Å²) < 4.78 is 6.83. The molecule has 0 bridgehead atoms. The Morgan fingerprint density at radius 3 is 2.59 bits per heavy atom. The van der Waals surface area contributed by atoms with Gasteiger partial charge in [-0.25, -0.2) is 4.98 Å². The maximum atomic E-state index is 12.6. The van der Waals surface area contributed by atoms with Crippen LogP contribution in [-0.2, 0) is 17.8 Å². The van der Waals surface area contributed by atoms with Crippen LogP contribution in [0.25, 0.3) is 10.9 Å². The Hall–Kier alpha value is -3.15. The molecule has 0 N–H and O–H groups in total. The monoisotopic (exact) mass is 433 g/mol. The largest absolute Gasteiger partial charge is 0.497 e. The number of para-hydroxylation sites is 1. The minimum atomic E-state index is -0.0410. The normalized spacial score (nSPS) is 14.6. The second-order valence-electron chi connectivity index (χ2n) is 8.57. The molecule has 0 unspecified atom stereocenters. The van der Waals surface area contributed by atoms with Crippen LogP contribution in [0.5, 0.6) is 5.75 Å². The average molecular weight is 434 g/mol. The van der Waals surface area contributed by atoms with Crippen LogP contribution in [0.15, 0.2) is 59.7 Å². The Morgan fingerprint density at radius 1 is 1.09 bits per heavy atom. The van der Waals surface area contributed by atoms with Crippen LogP contribution >= 0.6 is 0 Å². The Bertz CT molecular complexity index is 1100. The van der Waals surface area contributed by atoms with Crippen molar-refractivity contribution in [2.45, 2.75) is 45.1 Å². The molecule has 0 saturated carbocycles. The number of aromatic nitrogens is 2. The molecule has 4 rings (SSSR count). The van der Waals surface area contributed by atoms with E-state index in [9.17, 15) is 9.59 Å². The summed E-state index contributed by atoms with van der Waals surface area (Å²) in [5, 5.41) is 0.623. The van der Waals surface area contributed by atoms with Gasteiger partial charge in [-0.3, -0.25) is 14.2 Å². The van der Waals surface area contributed by atoms with Gasteiger partial charge in [-0.1, -0.05) is 24.3 Å². The van der Waals surface area contributed by atoms with Crippen molar-refractivity contribution in [1.29, 1.82) is 0 Å². The number of likely N-dealkylation sites (tertiary alicyclic amines) is 1. The Labute approximate surface area is 188 Å². The molecule has 1 aliphatic heterocycles. The van der Waals surface area contributed by atoms with Crippen LogP contribution in [0.4, 0.5) is 0 Å². The molecular formula is C26H31N3O3. The van der Waals surface area contributed by atoms with Crippen LogP contribution < -0.4 is 10.3 Å². The number of hydrogen-bond donors (Lipinski definition) is 0. The molecule has 6 heteroatoms. The standard InChI is InChI=1S/C26H31N3O3/c1-32-22-12-10-20(11-13-22)8-9-21-14-17-28(18-15-21)25(30)7-4-16-29-19-27-24-6-3-2-5-23(24)26(29)31/h2-3,5-6,10-13,19,21H,4,7-9,14-18H2,1H3. The number of hydrogen-bond acceptors (Lipinski definition) is 4. The minimum absolute atomic E-state index is 0.0410. The van der Waals surface area contributed by atoms with Crippen LogP contribution in [-0.4, -0.2) is 40.6 Å². The maximum Gasteiger partial charge on any atom is 0.261 e. The molecule has 0 atom stereocenters. The summed E-state index contributed by atoms with van der Waals surface area (Å²) >= 11 is 0. The number of amides is 1. The minimum Gasteiger partial charge on any atom is -0.497 e. The Kier molecular flexibility index (Phi) is 7.20. The van der Waals surface area contributed by atoms with Gasteiger partial charge in [0.1, 0.15) is 5.75 Å². The first-order chi connectivity index (χ1) is 15.6. The third-order valence-electron chi connectivity index (χ3n) is 6.49. The first-order valence-electron chi connectivity index (χ1n) is 11.5. The lowest BCUT2D eigenvalue weighted by atomic mass is 9.90. The van der Waals surface area contributed by atoms with Gasteiger partial charge in [0.25, 0.3) is 5.56 Å². The van der Waals surface area contributed by atoms with Crippen molar-refractivity contribution in [2.24, 2.45) is 5.92 Å². The third kappa shape index (κ3) is 5.36. The van der Waals surface area contributed by atoms with E-state index in [4.69, 9.17) is 4.74 Å². The topological polar surface area (TPSA) is 64.4 Å². The highest BCUT2D eigenvalue weighted by atomic mass is 16.5. The lowest BCUT2D eigenvalue weighted by Crippen LogP contribution is -2.38. The number of rotatable bonds is 8. The van der Waals surface area contributed by atoms with Crippen LogP contribution in [0, 0.1) is 5.92 Å². The van der Waals surface area contributed by atoms with E-state index < -0.39 is 0 Å². The van der Waals surface area contributed by atoms with E-state index in [-0.39, 0.29) is 11.5 Å². The SMILES string of the molecule is COc1ccc(CCC2CCN(C(=O)CCCn3cnc4ccccc4c3=O)CC2)cc1. The van der Waals surface area contributed by atoms with Crippen molar-refractivity contribution in [3.8, 4) is 5.75 Å². The lowest BCUT2D eigenvalue weighted by Gasteiger charge is -2.32. The molecule has 0 aliphatic carbocycles. The van der Waals surface area contributed by atoms with E-state index in [1.54, 1.807) is 24.1 Å². The molecule has 32 heavy (non-hydrogen) atoms. The highest BCUT2D eigenvalue weighted by molar-refractivity contribution is 5.77. The summed E-state index contributed by atoms with van der Waals surface area (Å²) in [6.07, 6.45) is 7.06. The van der Waals surface area contributed by atoms with Crippen LogP contribution in [0.3, 0.4) is 0 Å². The number of methoxy groups -OCH3 is 1. The van der Waals surface area contributed by atoms with E-state index in [0.717, 1.165) is 44.5 Å². The van der Waals surface area contributed by atoms with Gasteiger partial charge in [0, 0.05) is 26.1 Å². The fourth-order valence-electron chi connectivity index (χ4n) is 4.46. The number of piperidine rings is 1. The second kappa shape index (κ2) is 10.4. The van der Waals surface area contributed by atoms with Crippen molar-refractivity contribution >= 4 is 16.8 Å². The molecule has 0 spiro atoms. The van der Waals surface area contributed by atoms with E-state index in [2.05, 4.69) is 17.1 Å². The van der Waals surface area contributed by atoms with Crippen LogP contribution in [0.2, 0.25) is 0 Å². The molecule has 1 fully saturated rings. The number of aryl methyl sites for hydroxylation is 2. The van der Waals surface area contributed by atoms with Gasteiger partial charge < -0.3 is 9.64 Å². The summed E-state index contributed by atoms with van der Waals surface area (Å²) in [6, 6.07) is 15.6. The van der Waals surface area contributed by atoms with Crippen molar-refractivity contribution in [2.75, 3.05) is 20.2 Å². The molecule has 1 amide bonds. The highest BCUT2D eigenvalue weighted by Gasteiger charge is 2.22. The number of nitrogens with zero attached hydrogens (tertiary/aromatic N) is 3. The number of carbonyl (C=O) groups excluding carboxylic acids is 1. The summed E-state index contributed by atoms with van der Waals surface area (Å²) in [5.74, 6) is 1.76. The molecule has 1 aromatic heterocycles. The zero-order chi connectivity index (χ0) is 22.3. The molecule has 1 aliphatic rings. The zero-order valence-electron chi connectivity index (χ0n) is 18.7. The van der Waals surface area contributed by atoms with Gasteiger partial charge in [-0.15, -0.1) is 0 Å². The predicted molar refractivity (Wildman–Crippen MR) is 126 cm³/mol. The number of ether oxygens (including phenoxy) is 1. The van der Waals surface area contributed by atoms with Gasteiger partial charge in [0.15, 0.2) is 0 Å². The van der Waals surface area contributed by atoms with E-state index >= 15 is 0 Å². The van der Waals surface area contributed by atoms with Crippen LogP contribution in [0.1, 0.15) is 37.7 Å². The van der Waals surface area contributed by atoms with Gasteiger partial charge >= 0.3 is 0 Å². The second-order valence-corrected chi connectivity index (χ2v) is 8.57. The van der Waals surface area contributed by atoms with Gasteiger partial charge in [-0.2, -0.15) is 0 Å². The van der Waals surface area contributed by atoms with E-state index in [1.165, 1.54) is 5.56 Å². The first-order valence-corrected chi connectivity index (χ1v) is 11.5. The fourth-order valence-corrected chi connectivity index (χ4v) is 4.46. The summed E-state index contributed by atoms with van der Waals surface area (Å²) in [6.45, 7) is 2.19. The Morgan fingerprint density at radius 2 is 1.84 bits per heavy atom. The average Bonchev–Trinajstić information content (AvgIpc) is 2.85. The predicted octanol–water partition coefficient (Wildman–Crippen LogP) is 4.06. The molecule has 1 saturated heterocycles. The summed E-state index contributed by atoms with van der Waals surface area (Å²) in [7, 11) is 1.69. The van der Waals surface area contributed by atoms with Crippen molar-refractivity contribution in [3.05, 3.63) is 70.8 Å². The Balaban J connectivity index is 1.19. The zero-order valence-corrected chi connectivity index (χ0v) is 18.7. The molecule has 168 valence electrons. The molecule has 0 radical (unpaired) electrons. The number of fused-ring (bicyclic) bond motifs is 1. The first kappa shape index (κ1) is 22.1. The highest BCUT2D eigenvalue weighted by Crippen LogP contribution is 2.23. The molecule has 2 aromatic carbocycles.